The third-order valence-corrected chi connectivity index (χ3v) is 6.57. The summed E-state index contributed by atoms with van der Waals surface area (Å²) in [7, 11) is -1.33. The van der Waals surface area contributed by atoms with Crippen molar-refractivity contribution < 1.29 is 13.2 Å². The van der Waals surface area contributed by atoms with Gasteiger partial charge < -0.3 is 4.74 Å². The smallest absolute Gasteiger partial charge is 0.243 e. The summed E-state index contributed by atoms with van der Waals surface area (Å²) in [6.45, 7) is 4.64. The minimum Gasteiger partial charge on any atom is -0.359 e. The molecule has 21 heavy (non-hydrogen) atoms. The van der Waals surface area contributed by atoms with E-state index in [-0.39, 0.29) is 5.72 Å². The Morgan fingerprint density at radius 1 is 1.10 bits per heavy atom. The highest BCUT2D eigenvalue weighted by Gasteiger charge is 2.44. The van der Waals surface area contributed by atoms with Gasteiger partial charge in [0.15, 0.2) is 0 Å². The summed E-state index contributed by atoms with van der Waals surface area (Å²) in [5, 5.41) is 0. The maximum absolute atomic E-state index is 12.7. The van der Waals surface area contributed by atoms with Crippen molar-refractivity contribution in [2.24, 2.45) is 0 Å². The van der Waals surface area contributed by atoms with Crippen LogP contribution < -0.4 is 0 Å². The Bertz CT molecular complexity index is 604. The van der Waals surface area contributed by atoms with Gasteiger partial charge in [0.05, 0.1) is 11.5 Å². The molecular weight excluding hydrogens is 288 g/mol. The van der Waals surface area contributed by atoms with E-state index in [1.54, 1.807) is 16.4 Å². The van der Waals surface area contributed by atoms with Crippen LogP contribution in [0.3, 0.4) is 0 Å². The quantitative estimate of drug-likeness (QED) is 0.829. The van der Waals surface area contributed by atoms with Gasteiger partial charge in [-0.05, 0) is 26.1 Å². The monoisotopic (exact) mass is 310 g/mol. The molecule has 2 aliphatic heterocycles. The summed E-state index contributed by atoms with van der Waals surface area (Å²) in [6, 6.07) is 7.05. The number of hydrogen-bond donors (Lipinski definition) is 0. The molecule has 0 radical (unpaired) electrons. The Hall–Kier alpha value is -0.950. The third-order valence-electron chi connectivity index (χ3n) is 4.66. The fourth-order valence-electron chi connectivity index (χ4n) is 3.15. The molecule has 0 bridgehead atoms. The number of sulfonamides is 1. The first-order valence-electron chi connectivity index (χ1n) is 7.36. The molecule has 2 fully saturated rings. The van der Waals surface area contributed by atoms with Crippen LogP contribution in [0.25, 0.3) is 0 Å². The average Bonchev–Trinajstić information content (AvgIpc) is 2.81. The van der Waals surface area contributed by atoms with E-state index in [1.165, 1.54) is 0 Å². The topological polar surface area (TPSA) is 49.9 Å². The maximum Gasteiger partial charge on any atom is 0.243 e. The molecule has 0 aromatic heterocycles. The maximum atomic E-state index is 12.7. The molecule has 6 heteroatoms. The molecule has 0 unspecified atom stereocenters. The van der Waals surface area contributed by atoms with Gasteiger partial charge in [-0.1, -0.05) is 17.7 Å². The Morgan fingerprint density at radius 2 is 1.71 bits per heavy atom. The van der Waals surface area contributed by atoms with Crippen LogP contribution >= 0.6 is 0 Å². The van der Waals surface area contributed by atoms with Gasteiger partial charge in [0.1, 0.15) is 5.72 Å². The van der Waals surface area contributed by atoms with Crippen LogP contribution in [0.2, 0.25) is 0 Å². The predicted octanol–water partition coefficient (Wildman–Crippen LogP) is 1.44. The van der Waals surface area contributed by atoms with Gasteiger partial charge in [0.25, 0.3) is 0 Å². The third kappa shape index (κ3) is 2.61. The minimum atomic E-state index is -3.38. The van der Waals surface area contributed by atoms with Gasteiger partial charge in [0, 0.05) is 32.5 Å². The van der Waals surface area contributed by atoms with Gasteiger partial charge in [-0.15, -0.1) is 0 Å². The van der Waals surface area contributed by atoms with E-state index in [2.05, 4.69) is 11.9 Å². The minimum absolute atomic E-state index is 0.251. The van der Waals surface area contributed by atoms with Crippen molar-refractivity contribution in [3.05, 3.63) is 29.8 Å². The fraction of sp³-hybridized carbons (Fsp3) is 0.600. The Kier molecular flexibility index (Phi) is 3.81. The first kappa shape index (κ1) is 15.0. The van der Waals surface area contributed by atoms with Gasteiger partial charge in [-0.25, -0.2) is 8.42 Å². The number of piperidine rings is 1. The largest absolute Gasteiger partial charge is 0.359 e. The molecule has 5 nitrogen and oxygen atoms in total. The molecule has 0 aliphatic carbocycles. The predicted molar refractivity (Wildman–Crippen MR) is 80.5 cm³/mol. The molecule has 3 rings (SSSR count). The second-order valence-corrected chi connectivity index (χ2v) is 7.87. The number of likely N-dealkylation sites (N-methyl/N-ethyl adjacent to an activating group) is 1. The Balaban J connectivity index is 1.75. The lowest BCUT2D eigenvalue weighted by Gasteiger charge is -2.41. The lowest BCUT2D eigenvalue weighted by molar-refractivity contribution is -0.102. The molecule has 0 amide bonds. The zero-order chi connectivity index (χ0) is 15.1. The van der Waals surface area contributed by atoms with Gasteiger partial charge >= 0.3 is 0 Å². The van der Waals surface area contributed by atoms with Crippen LogP contribution in [0.1, 0.15) is 18.4 Å². The summed E-state index contributed by atoms with van der Waals surface area (Å²) in [6.07, 6.45) is 1.46. The molecule has 1 aromatic rings. The lowest BCUT2D eigenvalue weighted by atomic mass is 10.0. The molecule has 0 N–H and O–H groups in total. The van der Waals surface area contributed by atoms with E-state index in [1.807, 2.05) is 19.1 Å². The van der Waals surface area contributed by atoms with E-state index in [4.69, 9.17) is 4.74 Å². The van der Waals surface area contributed by atoms with Crippen molar-refractivity contribution in [3.63, 3.8) is 0 Å². The number of aryl methyl sites for hydroxylation is 1. The molecule has 116 valence electrons. The van der Waals surface area contributed by atoms with Crippen LogP contribution in [0.4, 0.5) is 0 Å². The zero-order valence-corrected chi connectivity index (χ0v) is 13.4. The van der Waals surface area contributed by atoms with Crippen LogP contribution in [0.15, 0.2) is 29.2 Å². The second-order valence-electron chi connectivity index (χ2n) is 5.93. The standard InChI is InChI=1S/C15H22N2O3S/c1-13-3-5-14(6-4-13)21(18,19)17-9-7-15(8-10-17)16(2)11-12-20-15/h3-6H,7-12H2,1-2H3. The van der Waals surface area contributed by atoms with Crippen LogP contribution in [-0.4, -0.2) is 56.6 Å². The number of nitrogens with zero attached hydrogens (tertiary/aromatic N) is 2. The average molecular weight is 310 g/mol. The van der Waals surface area contributed by atoms with E-state index in [9.17, 15) is 8.42 Å². The highest BCUT2D eigenvalue weighted by Crippen LogP contribution is 2.34. The van der Waals surface area contributed by atoms with E-state index in [0.717, 1.165) is 31.6 Å². The molecular formula is C15H22N2O3S. The van der Waals surface area contributed by atoms with Crippen molar-refractivity contribution in [2.75, 3.05) is 33.3 Å². The molecule has 1 spiro atoms. The number of rotatable bonds is 2. The Morgan fingerprint density at radius 3 is 2.24 bits per heavy atom. The van der Waals surface area contributed by atoms with E-state index in [0.29, 0.717) is 18.0 Å². The van der Waals surface area contributed by atoms with Crippen molar-refractivity contribution in [1.82, 2.24) is 9.21 Å². The summed E-state index contributed by atoms with van der Waals surface area (Å²) in [4.78, 5) is 2.59. The number of hydrogen-bond acceptors (Lipinski definition) is 4. The second kappa shape index (κ2) is 5.35. The van der Waals surface area contributed by atoms with Crippen molar-refractivity contribution >= 4 is 10.0 Å². The summed E-state index contributed by atoms with van der Waals surface area (Å²) in [5.41, 5.74) is 0.812. The SMILES string of the molecule is Cc1ccc(S(=O)(=O)N2CCC3(CC2)OCCN3C)cc1. The van der Waals surface area contributed by atoms with Crippen LogP contribution in [0, 0.1) is 6.92 Å². The highest BCUT2D eigenvalue weighted by atomic mass is 32.2. The molecule has 1 aromatic carbocycles. The zero-order valence-electron chi connectivity index (χ0n) is 12.6. The fourth-order valence-corrected chi connectivity index (χ4v) is 4.59. The normalized spacial score (nSPS) is 23.7. The first-order chi connectivity index (χ1) is 9.94. The van der Waals surface area contributed by atoms with Gasteiger partial charge in [-0.2, -0.15) is 4.31 Å². The lowest BCUT2D eigenvalue weighted by Crippen LogP contribution is -2.52. The van der Waals surface area contributed by atoms with E-state index < -0.39 is 10.0 Å². The van der Waals surface area contributed by atoms with Gasteiger partial charge in [0.2, 0.25) is 10.0 Å². The number of ether oxygens (including phenoxy) is 1. The summed E-state index contributed by atoms with van der Waals surface area (Å²) in [5.74, 6) is 0. The Labute approximate surface area is 126 Å². The van der Waals surface area contributed by atoms with Crippen molar-refractivity contribution in [3.8, 4) is 0 Å². The first-order valence-corrected chi connectivity index (χ1v) is 8.80. The summed E-state index contributed by atoms with van der Waals surface area (Å²) < 4.78 is 32.8. The van der Waals surface area contributed by atoms with Crippen molar-refractivity contribution in [2.45, 2.75) is 30.4 Å². The molecule has 2 aliphatic rings. The summed E-state index contributed by atoms with van der Waals surface area (Å²) >= 11 is 0. The number of benzene rings is 1. The van der Waals surface area contributed by atoms with Gasteiger partial charge in [-0.3, -0.25) is 4.90 Å². The van der Waals surface area contributed by atoms with Crippen LogP contribution in [0.5, 0.6) is 0 Å². The van der Waals surface area contributed by atoms with Crippen LogP contribution in [-0.2, 0) is 14.8 Å². The molecule has 0 saturated carbocycles. The molecule has 0 atom stereocenters. The van der Waals surface area contributed by atoms with Crippen molar-refractivity contribution in [1.29, 1.82) is 0 Å². The molecule has 2 saturated heterocycles. The van der Waals surface area contributed by atoms with E-state index >= 15 is 0 Å². The molecule has 2 heterocycles. The highest BCUT2D eigenvalue weighted by molar-refractivity contribution is 7.89.